The minimum absolute atomic E-state index is 0.00546. The van der Waals surface area contributed by atoms with Crippen LogP contribution >= 0.6 is 0 Å². The largest absolute Gasteiger partial charge is 0.380 e. The predicted molar refractivity (Wildman–Crippen MR) is 127 cm³/mol. The van der Waals surface area contributed by atoms with Crippen LogP contribution in [0.5, 0.6) is 0 Å². The second-order valence-corrected chi connectivity index (χ2v) is 9.83. The van der Waals surface area contributed by atoms with Crippen LogP contribution in [-0.4, -0.2) is 51.0 Å². The van der Waals surface area contributed by atoms with Gasteiger partial charge in [-0.3, -0.25) is 20.9 Å². The Morgan fingerprint density at radius 3 is 2.42 bits per heavy atom. The Morgan fingerprint density at radius 1 is 0.970 bits per heavy atom. The van der Waals surface area contributed by atoms with Gasteiger partial charge in [0.15, 0.2) is 0 Å². The minimum atomic E-state index is -0.228. The van der Waals surface area contributed by atoms with Gasteiger partial charge in [0.05, 0.1) is 31.5 Å². The number of amides is 1. The molecule has 0 radical (unpaired) electrons. The van der Waals surface area contributed by atoms with Crippen molar-refractivity contribution in [1.82, 2.24) is 21.5 Å². The zero-order chi connectivity index (χ0) is 22.3. The molecule has 33 heavy (non-hydrogen) atoms. The number of carbonyl (C=O) groups is 1. The van der Waals surface area contributed by atoms with E-state index < -0.39 is 0 Å². The van der Waals surface area contributed by atoms with Gasteiger partial charge in [0.2, 0.25) is 5.91 Å². The molecule has 0 saturated carbocycles. The lowest BCUT2D eigenvalue weighted by Gasteiger charge is -2.48. The van der Waals surface area contributed by atoms with E-state index in [9.17, 15) is 4.79 Å². The molecule has 2 aromatic carbocycles. The van der Waals surface area contributed by atoms with Crippen LogP contribution in [0.2, 0.25) is 0 Å². The van der Waals surface area contributed by atoms with E-state index in [4.69, 9.17) is 4.74 Å². The zero-order valence-electron chi connectivity index (χ0n) is 18.7. The average molecular weight is 449 g/mol. The fourth-order valence-electron chi connectivity index (χ4n) is 5.57. The number of fused-ring (bicyclic) bond motifs is 1. The van der Waals surface area contributed by atoms with Gasteiger partial charge in [-0.2, -0.15) is 0 Å². The average Bonchev–Trinajstić information content (AvgIpc) is 2.84. The summed E-state index contributed by atoms with van der Waals surface area (Å²) in [4.78, 5) is 15.2. The van der Waals surface area contributed by atoms with Crippen molar-refractivity contribution in [3.8, 4) is 0 Å². The Balaban J connectivity index is 1.16. The lowest BCUT2D eigenvalue weighted by atomic mass is 9.77. The number of hydrogen-bond acceptors (Lipinski definition) is 7. The van der Waals surface area contributed by atoms with E-state index in [0.29, 0.717) is 12.0 Å². The van der Waals surface area contributed by atoms with E-state index in [2.05, 4.69) is 68.1 Å². The zero-order valence-corrected chi connectivity index (χ0v) is 18.7. The maximum Gasteiger partial charge on any atom is 0.242 e. The molecule has 4 heterocycles. The van der Waals surface area contributed by atoms with Crippen LogP contribution in [0, 0.1) is 11.3 Å². The third-order valence-corrected chi connectivity index (χ3v) is 7.68. The van der Waals surface area contributed by atoms with Gasteiger partial charge < -0.3 is 15.0 Å². The molecule has 174 valence electrons. The lowest BCUT2D eigenvalue weighted by molar-refractivity contribution is -0.131. The van der Waals surface area contributed by atoms with Gasteiger partial charge in [0.25, 0.3) is 0 Å². The Bertz CT molecular complexity index is 970. The third-order valence-electron chi connectivity index (χ3n) is 7.68. The molecule has 4 aliphatic rings. The van der Waals surface area contributed by atoms with Crippen LogP contribution in [0.15, 0.2) is 54.6 Å². The van der Waals surface area contributed by atoms with E-state index in [1.165, 1.54) is 18.5 Å². The van der Waals surface area contributed by atoms with Crippen molar-refractivity contribution in [3.63, 3.8) is 0 Å². The van der Waals surface area contributed by atoms with Crippen molar-refractivity contribution in [2.45, 2.75) is 31.2 Å². The number of benzene rings is 2. The molecule has 4 aliphatic heterocycles. The van der Waals surface area contributed by atoms with Gasteiger partial charge in [0, 0.05) is 42.5 Å². The van der Waals surface area contributed by atoms with Crippen molar-refractivity contribution < 1.29 is 9.53 Å². The number of hydrazine groups is 1. The van der Waals surface area contributed by atoms with Crippen LogP contribution in [0.4, 0.5) is 11.4 Å². The van der Waals surface area contributed by atoms with E-state index in [-0.39, 0.29) is 30.2 Å². The summed E-state index contributed by atoms with van der Waals surface area (Å²) in [7, 11) is 0. The van der Waals surface area contributed by atoms with Crippen molar-refractivity contribution >= 4 is 17.3 Å². The van der Waals surface area contributed by atoms with Gasteiger partial charge in [-0.05, 0) is 42.7 Å². The first-order chi connectivity index (χ1) is 16.2. The summed E-state index contributed by atoms with van der Waals surface area (Å²) < 4.78 is 5.46. The van der Waals surface area contributed by atoms with Crippen LogP contribution in [-0.2, 0) is 9.53 Å². The molecule has 6 rings (SSSR count). The second-order valence-electron chi connectivity index (χ2n) is 9.83. The maximum absolute atomic E-state index is 12.7. The Kier molecular flexibility index (Phi) is 5.46. The molecule has 0 bridgehead atoms. The molecule has 4 fully saturated rings. The number of hydrogen-bond donors (Lipinski definition) is 5. The molecule has 8 nitrogen and oxygen atoms in total. The summed E-state index contributed by atoms with van der Waals surface area (Å²) in [5.74, 6) is -0.233. The number of piperidine rings is 1. The van der Waals surface area contributed by atoms with Crippen molar-refractivity contribution in [2.24, 2.45) is 11.3 Å². The fraction of sp³-hybridized carbons (Fsp3) is 0.480. The topological polar surface area (TPSA) is 89.7 Å². The van der Waals surface area contributed by atoms with E-state index >= 15 is 0 Å². The molecule has 0 aliphatic carbocycles. The molecule has 1 amide bonds. The number of nitrogens with zero attached hydrogens (tertiary/aromatic N) is 1. The van der Waals surface area contributed by atoms with Gasteiger partial charge in [0.1, 0.15) is 0 Å². The smallest absolute Gasteiger partial charge is 0.242 e. The third kappa shape index (κ3) is 4.08. The minimum Gasteiger partial charge on any atom is -0.380 e. The molecule has 4 atom stereocenters. The molecule has 8 heteroatoms. The number of anilines is 2. The summed E-state index contributed by atoms with van der Waals surface area (Å²) in [5, 5.41) is 10.8. The number of rotatable bonds is 4. The van der Waals surface area contributed by atoms with Crippen LogP contribution in [0.1, 0.15) is 24.6 Å². The van der Waals surface area contributed by atoms with E-state index in [0.717, 1.165) is 37.6 Å². The van der Waals surface area contributed by atoms with Crippen LogP contribution in [0.3, 0.4) is 0 Å². The van der Waals surface area contributed by atoms with Crippen molar-refractivity contribution in [2.75, 3.05) is 43.1 Å². The maximum atomic E-state index is 12.7. The standard InChI is InChI=1S/C25H32N6O2/c32-24-21-20(14-26-30-24)28-22(17-4-2-1-3-5-17)29-23(21)27-18-6-8-19(9-7-18)31-12-10-25(11-13-31)15-33-16-25/h1-9,20-23,26-29H,10-16H2,(H,30,32). The quantitative estimate of drug-likeness (QED) is 0.485. The molecule has 4 unspecified atom stereocenters. The number of carbonyl (C=O) groups excluding carboxylic acids is 1. The molecule has 2 aromatic rings. The predicted octanol–water partition coefficient (Wildman–Crippen LogP) is 1.55. The van der Waals surface area contributed by atoms with Crippen LogP contribution < -0.4 is 31.7 Å². The molecule has 4 saturated heterocycles. The SMILES string of the molecule is O=C1NNCC2NC(c3ccccc3)NC(Nc3ccc(N4CCC5(CC4)COC5)cc3)C12. The van der Waals surface area contributed by atoms with Gasteiger partial charge >= 0.3 is 0 Å². The van der Waals surface area contributed by atoms with Gasteiger partial charge in [-0.25, -0.2) is 5.43 Å². The van der Waals surface area contributed by atoms with Gasteiger partial charge in [-0.1, -0.05) is 30.3 Å². The van der Waals surface area contributed by atoms with E-state index in [1.807, 2.05) is 18.2 Å². The highest BCUT2D eigenvalue weighted by molar-refractivity contribution is 5.81. The molecule has 0 aromatic heterocycles. The Hall–Kier alpha value is -2.65. The van der Waals surface area contributed by atoms with E-state index in [1.54, 1.807) is 0 Å². The first kappa shape index (κ1) is 20.9. The second kappa shape index (κ2) is 8.61. The summed E-state index contributed by atoms with van der Waals surface area (Å²) in [6.07, 6.45) is 2.19. The van der Waals surface area contributed by atoms with Crippen LogP contribution in [0.25, 0.3) is 0 Å². The molecular weight excluding hydrogens is 416 g/mol. The number of nitrogens with one attached hydrogen (secondary N) is 5. The summed E-state index contributed by atoms with van der Waals surface area (Å²) in [6, 6.07) is 19.0. The van der Waals surface area contributed by atoms with Gasteiger partial charge in [-0.15, -0.1) is 0 Å². The first-order valence-corrected chi connectivity index (χ1v) is 12.0. The lowest BCUT2D eigenvalue weighted by Crippen LogP contribution is -2.71. The number of ether oxygens (including phenoxy) is 1. The normalized spacial score (nSPS) is 30.8. The summed E-state index contributed by atoms with van der Waals surface area (Å²) in [5.41, 5.74) is 9.68. The van der Waals surface area contributed by atoms with Crippen molar-refractivity contribution in [1.29, 1.82) is 0 Å². The first-order valence-electron chi connectivity index (χ1n) is 12.0. The molecular formula is C25H32N6O2. The summed E-state index contributed by atoms with van der Waals surface area (Å²) in [6.45, 7) is 4.72. The van der Waals surface area contributed by atoms with Crippen molar-refractivity contribution in [3.05, 3.63) is 60.2 Å². The fourth-order valence-corrected chi connectivity index (χ4v) is 5.57. The molecule has 5 N–H and O–H groups in total. The Labute approximate surface area is 194 Å². The highest BCUT2D eigenvalue weighted by Crippen LogP contribution is 2.39. The summed E-state index contributed by atoms with van der Waals surface area (Å²) >= 11 is 0. The Morgan fingerprint density at radius 2 is 1.73 bits per heavy atom. The highest BCUT2D eigenvalue weighted by Gasteiger charge is 2.44. The highest BCUT2D eigenvalue weighted by atomic mass is 16.5. The monoisotopic (exact) mass is 448 g/mol. The molecule has 1 spiro atoms.